The number of imidazole rings is 1. The first-order valence-corrected chi connectivity index (χ1v) is 13.4. The van der Waals surface area contributed by atoms with Crippen LogP contribution >= 0.6 is 11.8 Å². The first-order chi connectivity index (χ1) is 16.5. The van der Waals surface area contributed by atoms with Gasteiger partial charge in [-0.25, -0.2) is 23.5 Å². The smallest absolute Gasteiger partial charge is 0.256 e. The maximum absolute atomic E-state index is 12.7. The summed E-state index contributed by atoms with van der Waals surface area (Å²) < 4.78 is 24.8. The van der Waals surface area contributed by atoms with Gasteiger partial charge in [0.25, 0.3) is 5.91 Å². The molecule has 174 valence electrons. The minimum Gasteiger partial charge on any atom is -0.338 e. The van der Waals surface area contributed by atoms with Gasteiger partial charge in [0.05, 0.1) is 32.4 Å². The van der Waals surface area contributed by atoms with Gasteiger partial charge in [0, 0.05) is 24.8 Å². The quantitative estimate of drug-likeness (QED) is 0.414. The predicted molar refractivity (Wildman–Crippen MR) is 137 cm³/mol. The summed E-state index contributed by atoms with van der Waals surface area (Å²) in [6.07, 6.45) is 9.92. The second-order valence-corrected chi connectivity index (χ2v) is 10.9. The molecule has 1 unspecified atom stereocenters. The van der Waals surface area contributed by atoms with Gasteiger partial charge in [0.2, 0.25) is 0 Å². The molecule has 0 radical (unpaired) electrons. The third-order valence-electron chi connectivity index (χ3n) is 5.56. The number of H-pyrrole nitrogens is 1. The molecule has 0 spiro atoms. The predicted octanol–water partition coefficient (Wildman–Crippen LogP) is 3.75. The number of hydrogen-bond acceptors (Lipinski definition) is 5. The molecule has 0 saturated carbocycles. The number of rotatable bonds is 5. The normalized spacial score (nSPS) is 17.9. The molecule has 34 heavy (non-hydrogen) atoms. The number of carbonyl (C=O) groups is 1. The van der Waals surface area contributed by atoms with Gasteiger partial charge in [-0.05, 0) is 61.4 Å². The van der Waals surface area contributed by atoms with Crippen LogP contribution in [0.3, 0.4) is 0 Å². The molecule has 1 saturated heterocycles. The summed E-state index contributed by atoms with van der Waals surface area (Å²) in [6, 6.07) is 11.6. The number of nitrogens with one attached hydrogen (secondary N) is 1. The van der Waals surface area contributed by atoms with E-state index >= 15 is 0 Å². The number of benzene rings is 1. The highest BCUT2D eigenvalue weighted by atomic mass is 32.2. The number of carbonyl (C=O) groups excluding carboxylic acids is 1. The fourth-order valence-electron chi connectivity index (χ4n) is 3.79. The summed E-state index contributed by atoms with van der Waals surface area (Å²) in [5, 5.41) is 0.712. The molecule has 5 rings (SSSR count). The van der Waals surface area contributed by atoms with Crippen molar-refractivity contribution in [2.75, 3.05) is 18.8 Å². The van der Waals surface area contributed by atoms with Crippen LogP contribution < -0.4 is 0 Å². The molecule has 3 aromatic rings. The van der Waals surface area contributed by atoms with Crippen LogP contribution in [0.1, 0.15) is 12.8 Å². The molecule has 3 heterocycles. The van der Waals surface area contributed by atoms with Crippen LogP contribution in [-0.4, -0.2) is 63.3 Å². The first kappa shape index (κ1) is 22.7. The Labute approximate surface area is 201 Å². The fourth-order valence-corrected chi connectivity index (χ4v) is 5.96. The number of aromatic nitrogens is 3. The Hall–Kier alpha value is -3.05. The number of para-hydroxylation sites is 2. The lowest BCUT2D eigenvalue weighted by atomic mass is 10.2. The van der Waals surface area contributed by atoms with Crippen molar-refractivity contribution in [3.63, 3.8) is 0 Å². The Kier molecular flexibility index (Phi) is 6.46. The number of hydrogen-bond donors (Lipinski definition) is 2. The van der Waals surface area contributed by atoms with Crippen LogP contribution in [-0.2, 0) is 14.8 Å². The van der Waals surface area contributed by atoms with E-state index in [1.54, 1.807) is 34.8 Å². The van der Waals surface area contributed by atoms with E-state index in [2.05, 4.69) is 19.9 Å². The molecule has 1 atom stereocenters. The minimum atomic E-state index is -3.22. The second-order valence-electron chi connectivity index (χ2n) is 7.91. The summed E-state index contributed by atoms with van der Waals surface area (Å²) in [6.45, 7) is 1.23. The van der Waals surface area contributed by atoms with Crippen molar-refractivity contribution < 1.29 is 13.6 Å². The standard InChI is InChI=1S/C24H23N5O3S2/c30-22(26-18-8-10-19(11-9-18)34(31,32)29-13-3-4-14-29)16-33-23-12-7-17(15-25-23)24-27-20-5-1-2-6-21(20)28-24/h1-2,5-12,15H,3-4,13-14,16H2,(H,27,28)(H,31,32). The largest absolute Gasteiger partial charge is 0.338 e. The number of thioether (sulfide) groups is 1. The fraction of sp³-hybridized carbons (Fsp3) is 0.208. The SMILES string of the molecule is O=C(CSc1ccc(-c2nc3ccccc3[nH]2)cn1)N=C1C=CC(=S(=O)(O)N2CCCC2)C=C1. The average molecular weight is 494 g/mol. The Balaban J connectivity index is 1.19. The molecule has 1 aliphatic heterocycles. The van der Waals surface area contributed by atoms with E-state index < -0.39 is 9.99 Å². The third kappa shape index (κ3) is 4.90. The Morgan fingerprint density at radius 2 is 1.88 bits per heavy atom. The second kappa shape index (κ2) is 9.67. The van der Waals surface area contributed by atoms with E-state index in [4.69, 9.17) is 0 Å². The lowest BCUT2D eigenvalue weighted by Gasteiger charge is -2.19. The van der Waals surface area contributed by atoms with Crippen molar-refractivity contribution in [3.05, 3.63) is 66.9 Å². The monoisotopic (exact) mass is 493 g/mol. The van der Waals surface area contributed by atoms with E-state index in [1.165, 1.54) is 11.8 Å². The van der Waals surface area contributed by atoms with Crippen molar-refractivity contribution in [2.24, 2.45) is 4.99 Å². The Bertz CT molecular complexity index is 1390. The number of nitrogens with zero attached hydrogens (tertiary/aromatic N) is 4. The number of allylic oxidation sites excluding steroid dienone is 4. The lowest BCUT2D eigenvalue weighted by Crippen LogP contribution is -2.32. The average Bonchev–Trinajstić information content (AvgIpc) is 3.54. The van der Waals surface area contributed by atoms with E-state index in [0.717, 1.165) is 35.3 Å². The molecule has 1 amide bonds. The molecule has 2 N–H and O–H groups in total. The van der Waals surface area contributed by atoms with Gasteiger partial charge < -0.3 is 9.54 Å². The summed E-state index contributed by atoms with van der Waals surface area (Å²) in [5.41, 5.74) is 3.19. The number of pyridine rings is 1. The molecular formula is C24H23N5O3S2. The van der Waals surface area contributed by atoms with Crippen LogP contribution in [0.2, 0.25) is 0 Å². The highest BCUT2D eigenvalue weighted by molar-refractivity contribution is 7.99. The van der Waals surface area contributed by atoms with Crippen LogP contribution in [0.4, 0.5) is 0 Å². The van der Waals surface area contributed by atoms with Gasteiger partial charge in [0.15, 0.2) is 9.99 Å². The summed E-state index contributed by atoms with van der Waals surface area (Å²) >= 11 is 1.30. The molecule has 1 aliphatic carbocycles. The minimum absolute atomic E-state index is 0.142. The van der Waals surface area contributed by atoms with Crippen molar-refractivity contribution in [1.82, 2.24) is 19.3 Å². The van der Waals surface area contributed by atoms with Crippen LogP contribution in [0, 0.1) is 0 Å². The molecule has 10 heteroatoms. The lowest BCUT2D eigenvalue weighted by molar-refractivity contribution is -0.115. The van der Waals surface area contributed by atoms with Gasteiger partial charge in [-0.2, -0.15) is 0 Å². The molecule has 2 aromatic heterocycles. The summed E-state index contributed by atoms with van der Waals surface area (Å²) in [7, 11) is -3.22. The van der Waals surface area contributed by atoms with E-state index in [1.807, 2.05) is 36.4 Å². The molecule has 8 nitrogen and oxygen atoms in total. The number of amides is 1. The van der Waals surface area contributed by atoms with Crippen LogP contribution in [0.25, 0.3) is 22.4 Å². The summed E-state index contributed by atoms with van der Waals surface area (Å²) in [5.74, 6) is 0.588. The van der Waals surface area contributed by atoms with Crippen LogP contribution in [0.15, 0.2) is 76.9 Å². The van der Waals surface area contributed by atoms with E-state index in [0.29, 0.717) is 28.7 Å². The first-order valence-electron chi connectivity index (χ1n) is 10.9. The van der Waals surface area contributed by atoms with Gasteiger partial charge in [-0.15, -0.1) is 0 Å². The zero-order valence-electron chi connectivity index (χ0n) is 18.3. The molecule has 1 fully saturated rings. The third-order valence-corrected chi connectivity index (χ3v) is 8.44. The van der Waals surface area contributed by atoms with Crippen molar-refractivity contribution in [1.29, 1.82) is 0 Å². The zero-order valence-corrected chi connectivity index (χ0v) is 19.9. The van der Waals surface area contributed by atoms with E-state index in [-0.39, 0.29) is 11.7 Å². The highest BCUT2D eigenvalue weighted by Gasteiger charge is 2.23. The van der Waals surface area contributed by atoms with Crippen molar-refractivity contribution in [3.8, 4) is 11.4 Å². The summed E-state index contributed by atoms with van der Waals surface area (Å²) in [4.78, 5) is 29.0. The van der Waals surface area contributed by atoms with Crippen molar-refractivity contribution in [2.45, 2.75) is 17.9 Å². The van der Waals surface area contributed by atoms with Gasteiger partial charge in [0.1, 0.15) is 5.82 Å². The van der Waals surface area contributed by atoms with Gasteiger partial charge in [-0.3, -0.25) is 4.79 Å². The van der Waals surface area contributed by atoms with Crippen LogP contribution in [0.5, 0.6) is 0 Å². The van der Waals surface area contributed by atoms with Gasteiger partial charge >= 0.3 is 0 Å². The zero-order chi connectivity index (χ0) is 23.5. The maximum atomic E-state index is 12.7. The number of aliphatic imine (C=N–C) groups is 1. The molecule has 2 aliphatic rings. The number of aromatic amines is 1. The molecular weight excluding hydrogens is 470 g/mol. The topological polar surface area (TPSA) is 112 Å². The molecule has 1 aromatic carbocycles. The Morgan fingerprint density at radius 3 is 2.59 bits per heavy atom. The van der Waals surface area contributed by atoms with Gasteiger partial charge in [-0.1, -0.05) is 23.9 Å². The molecule has 0 bridgehead atoms. The highest BCUT2D eigenvalue weighted by Crippen LogP contribution is 2.22. The number of fused-ring (bicyclic) bond motifs is 1. The van der Waals surface area contributed by atoms with Crippen molar-refractivity contribution >= 4 is 49.3 Å². The Morgan fingerprint density at radius 1 is 1.12 bits per heavy atom. The van der Waals surface area contributed by atoms with E-state index in [9.17, 15) is 13.6 Å². The maximum Gasteiger partial charge on any atom is 0.256 e.